The average Bonchev–Trinajstić information content (AvgIpc) is 3.12. The van der Waals surface area contributed by atoms with Gasteiger partial charge in [-0.3, -0.25) is 14.4 Å². The molecule has 6 heteroatoms. The van der Waals surface area contributed by atoms with E-state index in [1.165, 1.54) is 148 Å². The van der Waals surface area contributed by atoms with Crippen molar-refractivity contribution in [2.24, 2.45) is 5.92 Å². The van der Waals surface area contributed by atoms with Crippen molar-refractivity contribution < 1.29 is 28.6 Å². The molecular formula is C46H88O6. The second-order valence-corrected chi connectivity index (χ2v) is 16.2. The molecule has 0 aliphatic heterocycles. The van der Waals surface area contributed by atoms with Crippen LogP contribution >= 0.6 is 0 Å². The fourth-order valence-electron chi connectivity index (χ4n) is 6.80. The average molecular weight is 737 g/mol. The summed E-state index contributed by atoms with van der Waals surface area (Å²) in [5.74, 6) is -0.0857. The van der Waals surface area contributed by atoms with Crippen molar-refractivity contribution in [2.75, 3.05) is 13.2 Å². The first-order valence-electron chi connectivity index (χ1n) is 22.9. The molecule has 0 aliphatic rings. The van der Waals surface area contributed by atoms with Crippen LogP contribution in [0.5, 0.6) is 0 Å². The maximum Gasteiger partial charge on any atom is 0.306 e. The summed E-state index contributed by atoms with van der Waals surface area (Å²) < 4.78 is 16.6. The zero-order valence-electron chi connectivity index (χ0n) is 35.3. The number of esters is 3. The van der Waals surface area contributed by atoms with Crippen LogP contribution in [-0.4, -0.2) is 37.2 Å². The lowest BCUT2D eigenvalue weighted by atomic mass is 10.0. The number of carbonyl (C=O) groups is 3. The summed E-state index contributed by atoms with van der Waals surface area (Å²) in [6, 6.07) is 0. The topological polar surface area (TPSA) is 78.9 Å². The highest BCUT2D eigenvalue weighted by molar-refractivity contribution is 5.71. The predicted molar refractivity (Wildman–Crippen MR) is 220 cm³/mol. The Morgan fingerprint density at radius 2 is 0.635 bits per heavy atom. The van der Waals surface area contributed by atoms with Crippen LogP contribution in [0.3, 0.4) is 0 Å². The van der Waals surface area contributed by atoms with Crippen molar-refractivity contribution >= 4 is 17.9 Å². The van der Waals surface area contributed by atoms with E-state index in [1.807, 2.05) is 0 Å². The summed E-state index contributed by atoms with van der Waals surface area (Å²) in [6.07, 6.45) is 39.7. The van der Waals surface area contributed by atoms with Crippen LogP contribution in [0.4, 0.5) is 0 Å². The Morgan fingerprint density at radius 3 is 0.942 bits per heavy atom. The van der Waals surface area contributed by atoms with Gasteiger partial charge >= 0.3 is 17.9 Å². The molecule has 0 amide bonds. The number of unbranched alkanes of at least 4 members (excludes halogenated alkanes) is 28. The lowest BCUT2D eigenvalue weighted by Crippen LogP contribution is -2.30. The molecule has 0 unspecified atom stereocenters. The van der Waals surface area contributed by atoms with Gasteiger partial charge in [0.15, 0.2) is 6.10 Å². The maximum atomic E-state index is 12.6. The quantitative estimate of drug-likeness (QED) is 0.0353. The van der Waals surface area contributed by atoms with Gasteiger partial charge in [-0.2, -0.15) is 0 Å². The van der Waals surface area contributed by atoms with E-state index in [9.17, 15) is 14.4 Å². The summed E-state index contributed by atoms with van der Waals surface area (Å²) in [5, 5.41) is 0. The number of carbonyl (C=O) groups excluding carboxylic acids is 3. The Bertz CT molecular complexity index is 781. The standard InChI is InChI=1S/C46H88O6/c1-5-7-9-11-13-14-15-16-17-18-19-20-21-22-26-30-34-38-45(48)51-41-43(40-50-44(47)37-33-29-24-12-10-8-6-2)52-46(49)39-35-31-27-23-25-28-32-36-42(3)4/h42-43H,5-41H2,1-4H3/t43-/m1/s1. The predicted octanol–water partition coefficient (Wildman–Crippen LogP) is 14.3. The first kappa shape index (κ1) is 50.4. The molecule has 0 aromatic carbocycles. The fourth-order valence-corrected chi connectivity index (χ4v) is 6.80. The largest absolute Gasteiger partial charge is 0.462 e. The van der Waals surface area contributed by atoms with E-state index in [4.69, 9.17) is 14.2 Å². The zero-order chi connectivity index (χ0) is 38.2. The van der Waals surface area contributed by atoms with Crippen LogP contribution < -0.4 is 0 Å². The summed E-state index contributed by atoms with van der Waals surface area (Å²) >= 11 is 0. The Balaban J connectivity index is 4.20. The normalized spacial score (nSPS) is 11.9. The van der Waals surface area contributed by atoms with E-state index in [-0.39, 0.29) is 31.1 Å². The van der Waals surface area contributed by atoms with E-state index in [1.54, 1.807) is 0 Å². The summed E-state index contributed by atoms with van der Waals surface area (Å²) in [6.45, 7) is 8.91. The Labute approximate surface area is 323 Å². The molecule has 0 rings (SSSR count). The number of hydrogen-bond acceptors (Lipinski definition) is 6. The third-order valence-electron chi connectivity index (χ3n) is 10.3. The lowest BCUT2D eigenvalue weighted by molar-refractivity contribution is -0.167. The molecular weight excluding hydrogens is 648 g/mol. The minimum Gasteiger partial charge on any atom is -0.462 e. The van der Waals surface area contributed by atoms with Gasteiger partial charge in [0.2, 0.25) is 0 Å². The van der Waals surface area contributed by atoms with Gasteiger partial charge in [-0.05, 0) is 25.2 Å². The van der Waals surface area contributed by atoms with Gasteiger partial charge in [0.1, 0.15) is 13.2 Å². The van der Waals surface area contributed by atoms with E-state index in [0.29, 0.717) is 19.3 Å². The summed E-state index contributed by atoms with van der Waals surface area (Å²) in [5.41, 5.74) is 0. The van der Waals surface area contributed by atoms with E-state index in [2.05, 4.69) is 27.7 Å². The second kappa shape index (κ2) is 40.6. The molecule has 0 aliphatic carbocycles. The van der Waals surface area contributed by atoms with Crippen LogP contribution in [-0.2, 0) is 28.6 Å². The van der Waals surface area contributed by atoms with E-state index >= 15 is 0 Å². The third-order valence-corrected chi connectivity index (χ3v) is 10.3. The third kappa shape index (κ3) is 39.6. The molecule has 6 nitrogen and oxygen atoms in total. The van der Waals surface area contributed by atoms with Crippen molar-refractivity contribution in [2.45, 2.75) is 259 Å². The molecule has 0 heterocycles. The van der Waals surface area contributed by atoms with Crippen molar-refractivity contribution in [3.8, 4) is 0 Å². The molecule has 0 spiro atoms. The van der Waals surface area contributed by atoms with Crippen LogP contribution in [0, 0.1) is 5.92 Å². The Hall–Kier alpha value is -1.59. The lowest BCUT2D eigenvalue weighted by Gasteiger charge is -2.18. The minimum atomic E-state index is -0.758. The molecule has 0 saturated heterocycles. The van der Waals surface area contributed by atoms with Gasteiger partial charge in [-0.25, -0.2) is 0 Å². The molecule has 0 aromatic rings. The summed E-state index contributed by atoms with van der Waals surface area (Å²) in [7, 11) is 0. The summed E-state index contributed by atoms with van der Waals surface area (Å²) in [4.78, 5) is 37.5. The van der Waals surface area contributed by atoms with Gasteiger partial charge in [0.05, 0.1) is 0 Å². The van der Waals surface area contributed by atoms with Gasteiger partial charge in [-0.15, -0.1) is 0 Å². The van der Waals surface area contributed by atoms with Crippen molar-refractivity contribution in [1.29, 1.82) is 0 Å². The van der Waals surface area contributed by atoms with Gasteiger partial charge in [0.25, 0.3) is 0 Å². The monoisotopic (exact) mass is 737 g/mol. The van der Waals surface area contributed by atoms with Crippen molar-refractivity contribution in [3.05, 3.63) is 0 Å². The van der Waals surface area contributed by atoms with Gasteiger partial charge in [-0.1, -0.05) is 214 Å². The smallest absolute Gasteiger partial charge is 0.306 e. The first-order chi connectivity index (χ1) is 25.4. The first-order valence-corrected chi connectivity index (χ1v) is 22.9. The van der Waals surface area contributed by atoms with Crippen LogP contribution in [0.25, 0.3) is 0 Å². The van der Waals surface area contributed by atoms with Crippen LogP contribution in [0.15, 0.2) is 0 Å². The fraction of sp³-hybridized carbons (Fsp3) is 0.935. The molecule has 0 radical (unpaired) electrons. The van der Waals surface area contributed by atoms with Crippen molar-refractivity contribution in [3.63, 3.8) is 0 Å². The molecule has 0 N–H and O–H groups in total. The molecule has 1 atom stereocenters. The molecule has 0 bridgehead atoms. The maximum absolute atomic E-state index is 12.6. The van der Waals surface area contributed by atoms with E-state index in [0.717, 1.165) is 63.7 Å². The molecule has 0 saturated carbocycles. The highest BCUT2D eigenvalue weighted by atomic mass is 16.6. The van der Waals surface area contributed by atoms with E-state index < -0.39 is 6.10 Å². The number of hydrogen-bond donors (Lipinski definition) is 0. The van der Waals surface area contributed by atoms with Gasteiger partial charge in [0, 0.05) is 19.3 Å². The zero-order valence-corrected chi connectivity index (χ0v) is 35.3. The van der Waals surface area contributed by atoms with Crippen molar-refractivity contribution in [1.82, 2.24) is 0 Å². The molecule has 0 aromatic heterocycles. The number of rotatable bonds is 41. The minimum absolute atomic E-state index is 0.0649. The molecule has 52 heavy (non-hydrogen) atoms. The second-order valence-electron chi connectivity index (χ2n) is 16.2. The Morgan fingerprint density at radius 1 is 0.365 bits per heavy atom. The molecule has 0 fully saturated rings. The highest BCUT2D eigenvalue weighted by Gasteiger charge is 2.19. The number of ether oxygens (including phenoxy) is 3. The SMILES string of the molecule is CCCCCCCCCCCCCCCCCCCC(=O)OC[C@@H](COC(=O)CCCCCCCCC)OC(=O)CCCCCCCCCC(C)C. The van der Waals surface area contributed by atoms with Crippen LogP contribution in [0.1, 0.15) is 252 Å². The Kier molecular flexibility index (Phi) is 39.4. The molecule has 308 valence electrons. The van der Waals surface area contributed by atoms with Gasteiger partial charge < -0.3 is 14.2 Å². The highest BCUT2D eigenvalue weighted by Crippen LogP contribution is 2.16. The van der Waals surface area contributed by atoms with Crippen LogP contribution in [0.2, 0.25) is 0 Å².